The Bertz CT molecular complexity index is 943. The van der Waals surface area contributed by atoms with Gasteiger partial charge in [-0.3, -0.25) is 9.10 Å². The summed E-state index contributed by atoms with van der Waals surface area (Å²) in [7, 11) is -0.738. The van der Waals surface area contributed by atoms with E-state index in [1.54, 1.807) is 12.1 Å². The minimum Gasteiger partial charge on any atom is -0.493 e. The molecule has 0 aliphatic heterocycles. The summed E-state index contributed by atoms with van der Waals surface area (Å²) in [6, 6.07) is 14.5. The zero-order valence-corrected chi connectivity index (χ0v) is 18.2. The standard InChI is InChI=1S/C21H28N2O5S/c1-21(2,14-16-9-7-6-8-10-16)22-20(24)15-23(29(5,25)26)17-11-12-18(27-3)19(13-17)28-4/h6-13H,14-15H2,1-5H3,(H,22,24). The smallest absolute Gasteiger partial charge is 0.241 e. The molecule has 7 nitrogen and oxygen atoms in total. The fourth-order valence-corrected chi connectivity index (χ4v) is 3.93. The van der Waals surface area contributed by atoms with Crippen molar-refractivity contribution in [3.63, 3.8) is 0 Å². The Morgan fingerprint density at radius 3 is 2.21 bits per heavy atom. The molecule has 1 N–H and O–H groups in total. The number of hydrogen-bond acceptors (Lipinski definition) is 5. The maximum absolute atomic E-state index is 12.7. The third-order valence-electron chi connectivity index (χ3n) is 4.31. The first-order valence-electron chi connectivity index (χ1n) is 9.10. The van der Waals surface area contributed by atoms with Crippen molar-refractivity contribution < 1.29 is 22.7 Å². The van der Waals surface area contributed by atoms with Gasteiger partial charge in [-0.05, 0) is 38.0 Å². The average molecular weight is 421 g/mol. The van der Waals surface area contributed by atoms with Gasteiger partial charge in [-0.15, -0.1) is 0 Å². The fourth-order valence-electron chi connectivity index (χ4n) is 3.08. The van der Waals surface area contributed by atoms with Crippen molar-refractivity contribution in [3.05, 3.63) is 54.1 Å². The first-order valence-corrected chi connectivity index (χ1v) is 11.0. The molecule has 0 aromatic heterocycles. The van der Waals surface area contributed by atoms with Crippen LogP contribution in [0, 0.1) is 0 Å². The number of benzene rings is 2. The molecular formula is C21H28N2O5S. The molecule has 0 aliphatic rings. The molecule has 0 saturated heterocycles. The molecule has 0 atom stereocenters. The summed E-state index contributed by atoms with van der Waals surface area (Å²) >= 11 is 0. The first-order chi connectivity index (χ1) is 13.6. The first kappa shape index (κ1) is 22.5. The summed E-state index contributed by atoms with van der Waals surface area (Å²) in [5.74, 6) is 0.452. The van der Waals surface area contributed by atoms with Crippen molar-refractivity contribution in [3.8, 4) is 11.5 Å². The summed E-state index contributed by atoms with van der Waals surface area (Å²) in [6.45, 7) is 3.46. The van der Waals surface area contributed by atoms with Gasteiger partial charge in [-0.25, -0.2) is 8.42 Å². The zero-order chi connectivity index (χ0) is 21.7. The van der Waals surface area contributed by atoms with E-state index >= 15 is 0 Å². The largest absolute Gasteiger partial charge is 0.493 e. The molecule has 0 unspecified atom stereocenters. The molecule has 1 amide bonds. The molecule has 8 heteroatoms. The van der Waals surface area contributed by atoms with Crippen LogP contribution in [0.2, 0.25) is 0 Å². The summed E-state index contributed by atoms with van der Waals surface area (Å²) < 4.78 is 36.2. The van der Waals surface area contributed by atoms with E-state index in [-0.39, 0.29) is 6.54 Å². The highest BCUT2D eigenvalue weighted by atomic mass is 32.2. The molecule has 0 fully saturated rings. The number of nitrogens with one attached hydrogen (secondary N) is 1. The Morgan fingerprint density at radius 2 is 1.66 bits per heavy atom. The van der Waals surface area contributed by atoms with Crippen LogP contribution in [0.3, 0.4) is 0 Å². The van der Waals surface area contributed by atoms with E-state index in [0.717, 1.165) is 16.1 Å². The molecule has 2 rings (SSSR count). The number of nitrogens with zero attached hydrogens (tertiary/aromatic N) is 1. The van der Waals surface area contributed by atoms with Crippen LogP contribution in [0.5, 0.6) is 11.5 Å². The number of amides is 1. The number of ether oxygens (including phenoxy) is 2. The zero-order valence-electron chi connectivity index (χ0n) is 17.4. The van der Waals surface area contributed by atoms with Gasteiger partial charge in [0.15, 0.2) is 11.5 Å². The molecule has 29 heavy (non-hydrogen) atoms. The van der Waals surface area contributed by atoms with Crippen LogP contribution >= 0.6 is 0 Å². The molecule has 0 saturated carbocycles. The second-order valence-corrected chi connectivity index (χ2v) is 9.31. The summed E-state index contributed by atoms with van der Waals surface area (Å²) in [5, 5.41) is 2.93. The normalized spacial score (nSPS) is 11.6. The molecule has 0 bridgehead atoms. The number of anilines is 1. The van der Waals surface area contributed by atoms with Gasteiger partial charge in [0, 0.05) is 11.6 Å². The lowest BCUT2D eigenvalue weighted by Crippen LogP contribution is -2.50. The summed E-state index contributed by atoms with van der Waals surface area (Å²) in [5.41, 5.74) is 0.859. The van der Waals surface area contributed by atoms with Crippen LogP contribution in [0.25, 0.3) is 0 Å². The highest BCUT2D eigenvalue weighted by Crippen LogP contribution is 2.32. The van der Waals surface area contributed by atoms with Crippen LogP contribution in [0.1, 0.15) is 19.4 Å². The number of hydrogen-bond donors (Lipinski definition) is 1. The third kappa shape index (κ3) is 6.39. The van der Waals surface area contributed by atoms with Crippen molar-refractivity contribution in [2.75, 3.05) is 31.3 Å². The van der Waals surface area contributed by atoms with Crippen molar-refractivity contribution in [1.29, 1.82) is 0 Å². The quantitative estimate of drug-likeness (QED) is 0.674. The van der Waals surface area contributed by atoms with Crippen molar-refractivity contribution in [2.24, 2.45) is 0 Å². The van der Waals surface area contributed by atoms with Crippen LogP contribution in [-0.2, 0) is 21.2 Å². The molecule has 2 aromatic carbocycles. The van der Waals surface area contributed by atoms with Gasteiger partial charge in [0.25, 0.3) is 0 Å². The van der Waals surface area contributed by atoms with Gasteiger partial charge >= 0.3 is 0 Å². The number of carbonyl (C=O) groups is 1. The monoisotopic (exact) mass is 420 g/mol. The van der Waals surface area contributed by atoms with Gasteiger partial charge < -0.3 is 14.8 Å². The Kier molecular flexibility index (Phi) is 7.13. The van der Waals surface area contributed by atoms with Gasteiger partial charge in [0.1, 0.15) is 6.54 Å². The van der Waals surface area contributed by atoms with Crippen LogP contribution in [0.4, 0.5) is 5.69 Å². The summed E-state index contributed by atoms with van der Waals surface area (Å²) in [6.07, 6.45) is 1.68. The van der Waals surface area contributed by atoms with E-state index in [1.807, 2.05) is 44.2 Å². The van der Waals surface area contributed by atoms with E-state index in [4.69, 9.17) is 9.47 Å². The third-order valence-corrected chi connectivity index (χ3v) is 5.45. The predicted molar refractivity (Wildman–Crippen MR) is 114 cm³/mol. The average Bonchev–Trinajstić information content (AvgIpc) is 2.64. The molecule has 158 valence electrons. The number of sulfonamides is 1. The highest BCUT2D eigenvalue weighted by molar-refractivity contribution is 7.92. The summed E-state index contributed by atoms with van der Waals surface area (Å²) in [4.78, 5) is 12.7. The highest BCUT2D eigenvalue weighted by Gasteiger charge is 2.26. The minimum absolute atomic E-state index is 0.321. The van der Waals surface area contributed by atoms with E-state index in [0.29, 0.717) is 23.6 Å². The van der Waals surface area contributed by atoms with E-state index in [2.05, 4.69) is 5.32 Å². The topological polar surface area (TPSA) is 84.9 Å². The Morgan fingerprint density at radius 1 is 1.03 bits per heavy atom. The maximum atomic E-state index is 12.7. The molecule has 0 aliphatic carbocycles. The lowest BCUT2D eigenvalue weighted by Gasteiger charge is -2.29. The molecule has 0 heterocycles. The lowest BCUT2D eigenvalue weighted by molar-refractivity contribution is -0.121. The van der Waals surface area contributed by atoms with Gasteiger partial charge in [-0.1, -0.05) is 30.3 Å². The van der Waals surface area contributed by atoms with Crippen molar-refractivity contribution >= 4 is 21.6 Å². The Balaban J connectivity index is 2.19. The second kappa shape index (κ2) is 9.17. The van der Waals surface area contributed by atoms with Crippen LogP contribution in [-0.4, -0.2) is 46.9 Å². The molecule has 2 aromatic rings. The van der Waals surface area contributed by atoms with Crippen molar-refractivity contribution in [1.82, 2.24) is 5.32 Å². The lowest BCUT2D eigenvalue weighted by atomic mass is 9.95. The van der Waals surface area contributed by atoms with Crippen LogP contribution in [0.15, 0.2) is 48.5 Å². The second-order valence-electron chi connectivity index (χ2n) is 7.40. The molecule has 0 spiro atoms. The van der Waals surface area contributed by atoms with Gasteiger partial charge in [-0.2, -0.15) is 0 Å². The maximum Gasteiger partial charge on any atom is 0.241 e. The predicted octanol–water partition coefficient (Wildman–Crippen LogP) is 2.61. The molecular weight excluding hydrogens is 392 g/mol. The number of carbonyl (C=O) groups excluding carboxylic acids is 1. The number of methoxy groups -OCH3 is 2. The number of rotatable bonds is 9. The fraction of sp³-hybridized carbons (Fsp3) is 0.381. The van der Waals surface area contributed by atoms with E-state index in [9.17, 15) is 13.2 Å². The van der Waals surface area contributed by atoms with E-state index < -0.39 is 21.5 Å². The Labute approximate surface area is 172 Å². The minimum atomic E-state index is -3.70. The van der Waals surface area contributed by atoms with Crippen molar-refractivity contribution in [2.45, 2.75) is 25.8 Å². The SMILES string of the molecule is COc1ccc(N(CC(=O)NC(C)(C)Cc2ccccc2)S(C)(=O)=O)cc1OC. The Hall–Kier alpha value is -2.74. The molecule has 0 radical (unpaired) electrons. The van der Waals surface area contributed by atoms with Crippen LogP contribution < -0.4 is 19.1 Å². The van der Waals surface area contributed by atoms with Gasteiger partial charge in [0.2, 0.25) is 15.9 Å². The van der Waals surface area contributed by atoms with Gasteiger partial charge in [0.05, 0.1) is 26.2 Å². The van der Waals surface area contributed by atoms with E-state index in [1.165, 1.54) is 20.3 Å².